The zero-order valence-electron chi connectivity index (χ0n) is 11.9. The molecule has 0 aliphatic heterocycles. The Labute approximate surface area is 114 Å². The Morgan fingerprint density at radius 1 is 1.21 bits per heavy atom. The zero-order chi connectivity index (χ0) is 14.3. The molecule has 1 aromatic carbocycles. The Bertz CT molecular complexity index is 384. The molecule has 0 fully saturated rings. The lowest BCUT2D eigenvalue weighted by molar-refractivity contribution is 0.0321. The van der Waals surface area contributed by atoms with Crippen LogP contribution in [-0.4, -0.2) is 25.3 Å². The van der Waals surface area contributed by atoms with Gasteiger partial charge in [-0.15, -0.1) is 0 Å². The highest BCUT2D eigenvalue weighted by Gasteiger charge is 2.21. The summed E-state index contributed by atoms with van der Waals surface area (Å²) in [5.74, 6) is -1.55. The third-order valence-electron chi connectivity index (χ3n) is 3.17. The maximum Gasteiger partial charge on any atom is 0.162 e. The lowest BCUT2D eigenvalue weighted by Crippen LogP contribution is -2.43. The second-order valence-electron chi connectivity index (χ2n) is 4.48. The highest BCUT2D eigenvalue weighted by Crippen LogP contribution is 2.16. The number of halogens is 2. The molecule has 2 nitrogen and oxygen atoms in total. The molecular formula is C15H23F2NO. The van der Waals surface area contributed by atoms with E-state index in [4.69, 9.17) is 4.74 Å². The van der Waals surface area contributed by atoms with Gasteiger partial charge < -0.3 is 10.1 Å². The van der Waals surface area contributed by atoms with Crippen LogP contribution in [0.1, 0.15) is 32.8 Å². The van der Waals surface area contributed by atoms with Gasteiger partial charge in [0.25, 0.3) is 0 Å². The number of rotatable bonds is 8. The first-order valence-electron chi connectivity index (χ1n) is 6.91. The van der Waals surface area contributed by atoms with Crippen LogP contribution in [0.5, 0.6) is 0 Å². The summed E-state index contributed by atoms with van der Waals surface area (Å²) in [6.45, 7) is 7.35. The van der Waals surface area contributed by atoms with Crippen LogP contribution in [0, 0.1) is 11.6 Å². The second kappa shape index (κ2) is 8.23. The van der Waals surface area contributed by atoms with Gasteiger partial charge in [-0.3, -0.25) is 0 Å². The van der Waals surface area contributed by atoms with Gasteiger partial charge in [-0.05, 0) is 37.9 Å². The molecule has 2 atom stereocenters. The number of hydrogen-bond acceptors (Lipinski definition) is 2. The molecule has 4 heteroatoms. The highest BCUT2D eigenvalue weighted by atomic mass is 19.2. The van der Waals surface area contributed by atoms with Crippen molar-refractivity contribution in [3.8, 4) is 0 Å². The molecule has 0 saturated carbocycles. The molecule has 2 unspecified atom stereocenters. The largest absolute Gasteiger partial charge is 0.377 e. The Balaban J connectivity index is 2.85. The van der Waals surface area contributed by atoms with Crippen molar-refractivity contribution in [2.75, 3.05) is 13.2 Å². The Hall–Kier alpha value is -1.00. The number of benzene rings is 1. The normalized spacial score (nSPS) is 14.4. The number of ether oxygens (including phenoxy) is 1. The fourth-order valence-electron chi connectivity index (χ4n) is 2.27. The summed E-state index contributed by atoms with van der Waals surface area (Å²) in [7, 11) is 0. The first-order valence-corrected chi connectivity index (χ1v) is 6.91. The van der Waals surface area contributed by atoms with E-state index in [1.54, 1.807) is 12.1 Å². The van der Waals surface area contributed by atoms with E-state index in [2.05, 4.69) is 5.32 Å². The third-order valence-corrected chi connectivity index (χ3v) is 3.17. The van der Waals surface area contributed by atoms with Crippen LogP contribution in [0.4, 0.5) is 8.78 Å². The van der Waals surface area contributed by atoms with Gasteiger partial charge in [-0.25, -0.2) is 8.78 Å². The van der Waals surface area contributed by atoms with Crippen LogP contribution in [0.3, 0.4) is 0 Å². The van der Waals surface area contributed by atoms with Crippen molar-refractivity contribution in [1.29, 1.82) is 0 Å². The summed E-state index contributed by atoms with van der Waals surface area (Å²) in [4.78, 5) is 0. The minimum absolute atomic E-state index is 0.00705. The van der Waals surface area contributed by atoms with E-state index >= 15 is 0 Å². The van der Waals surface area contributed by atoms with Gasteiger partial charge in [0.1, 0.15) is 0 Å². The van der Waals surface area contributed by atoms with Crippen LogP contribution in [0.15, 0.2) is 18.2 Å². The molecule has 19 heavy (non-hydrogen) atoms. The van der Waals surface area contributed by atoms with Crippen molar-refractivity contribution >= 4 is 0 Å². The van der Waals surface area contributed by atoms with E-state index < -0.39 is 11.6 Å². The highest BCUT2D eigenvalue weighted by molar-refractivity contribution is 5.20. The van der Waals surface area contributed by atoms with Gasteiger partial charge in [-0.1, -0.05) is 26.0 Å². The average molecular weight is 271 g/mol. The molecular weight excluding hydrogens is 248 g/mol. The van der Waals surface area contributed by atoms with E-state index in [0.29, 0.717) is 18.6 Å². The Morgan fingerprint density at radius 2 is 1.95 bits per heavy atom. The molecule has 1 N–H and O–H groups in total. The van der Waals surface area contributed by atoms with Crippen LogP contribution in [0.25, 0.3) is 0 Å². The standard InChI is InChI=1S/C15H23F2NO/c1-4-14(19-6-3)13(18-5-2)10-11-8-7-9-12(16)15(11)17/h7-9,13-14,18H,4-6,10H2,1-3H3. The first kappa shape index (κ1) is 16.1. The number of nitrogens with one attached hydrogen (secondary N) is 1. The molecule has 1 aromatic rings. The molecule has 0 radical (unpaired) electrons. The second-order valence-corrected chi connectivity index (χ2v) is 4.48. The van der Waals surface area contributed by atoms with Crippen LogP contribution >= 0.6 is 0 Å². The quantitative estimate of drug-likeness (QED) is 0.783. The predicted molar refractivity (Wildman–Crippen MR) is 73.2 cm³/mol. The molecule has 0 aliphatic carbocycles. The van der Waals surface area contributed by atoms with Crippen molar-refractivity contribution in [2.45, 2.75) is 45.8 Å². The topological polar surface area (TPSA) is 21.3 Å². The average Bonchev–Trinajstić information content (AvgIpc) is 2.40. The summed E-state index contributed by atoms with van der Waals surface area (Å²) >= 11 is 0. The van der Waals surface area contributed by atoms with Gasteiger partial charge in [0.2, 0.25) is 0 Å². The Kier molecular flexibility index (Phi) is 6.95. The van der Waals surface area contributed by atoms with Crippen LogP contribution in [0.2, 0.25) is 0 Å². The summed E-state index contributed by atoms with van der Waals surface area (Å²) in [5, 5.41) is 3.30. The lowest BCUT2D eigenvalue weighted by Gasteiger charge is -2.27. The van der Waals surface area contributed by atoms with Crippen molar-refractivity contribution in [2.24, 2.45) is 0 Å². The fourth-order valence-corrected chi connectivity index (χ4v) is 2.27. The van der Waals surface area contributed by atoms with Gasteiger partial charge in [0, 0.05) is 12.6 Å². The zero-order valence-corrected chi connectivity index (χ0v) is 11.9. The molecule has 0 bridgehead atoms. The molecule has 0 spiro atoms. The van der Waals surface area contributed by atoms with Gasteiger partial charge in [0.05, 0.1) is 6.10 Å². The molecule has 0 aliphatic rings. The van der Waals surface area contributed by atoms with Gasteiger partial charge >= 0.3 is 0 Å². The fraction of sp³-hybridized carbons (Fsp3) is 0.600. The van der Waals surface area contributed by atoms with Gasteiger partial charge in [-0.2, -0.15) is 0 Å². The minimum Gasteiger partial charge on any atom is -0.377 e. The SMILES string of the molecule is CCNC(Cc1cccc(F)c1F)C(CC)OCC. The van der Waals surface area contributed by atoms with Gasteiger partial charge in [0.15, 0.2) is 11.6 Å². The third kappa shape index (κ3) is 4.55. The summed E-state index contributed by atoms with van der Waals surface area (Å²) in [6, 6.07) is 4.30. The minimum atomic E-state index is -0.794. The predicted octanol–water partition coefficient (Wildman–Crippen LogP) is 3.30. The van der Waals surface area contributed by atoms with Crippen LogP contribution < -0.4 is 5.32 Å². The number of likely N-dealkylation sites (N-methyl/N-ethyl adjacent to an activating group) is 1. The molecule has 1 rings (SSSR count). The molecule has 0 saturated heterocycles. The van der Waals surface area contributed by atoms with E-state index in [9.17, 15) is 8.78 Å². The smallest absolute Gasteiger partial charge is 0.162 e. The first-order chi connectivity index (χ1) is 9.13. The van der Waals surface area contributed by atoms with Crippen molar-refractivity contribution < 1.29 is 13.5 Å². The molecule has 0 amide bonds. The van der Waals surface area contributed by atoms with Crippen LogP contribution in [-0.2, 0) is 11.2 Å². The molecule has 0 aromatic heterocycles. The Morgan fingerprint density at radius 3 is 2.53 bits per heavy atom. The van der Waals surface area contributed by atoms with Crippen molar-refractivity contribution in [1.82, 2.24) is 5.32 Å². The maximum absolute atomic E-state index is 13.7. The molecule has 108 valence electrons. The van der Waals surface area contributed by atoms with E-state index in [-0.39, 0.29) is 12.1 Å². The van der Waals surface area contributed by atoms with E-state index in [1.165, 1.54) is 0 Å². The van der Waals surface area contributed by atoms with Crippen molar-refractivity contribution in [3.05, 3.63) is 35.4 Å². The molecule has 0 heterocycles. The number of hydrogen-bond donors (Lipinski definition) is 1. The van der Waals surface area contributed by atoms with E-state index in [1.807, 2.05) is 20.8 Å². The van der Waals surface area contributed by atoms with Crippen molar-refractivity contribution in [3.63, 3.8) is 0 Å². The lowest BCUT2D eigenvalue weighted by atomic mass is 9.99. The monoisotopic (exact) mass is 271 g/mol. The summed E-state index contributed by atoms with van der Waals surface area (Å²) in [6.07, 6.45) is 1.27. The van der Waals surface area contributed by atoms with E-state index in [0.717, 1.165) is 19.0 Å². The summed E-state index contributed by atoms with van der Waals surface area (Å²) < 4.78 is 32.6. The summed E-state index contributed by atoms with van der Waals surface area (Å²) in [5.41, 5.74) is 0.393. The maximum atomic E-state index is 13.7.